The molecule has 0 bridgehead atoms. The van der Waals surface area contributed by atoms with Crippen molar-refractivity contribution in [2.75, 3.05) is 20.1 Å². The van der Waals surface area contributed by atoms with Crippen molar-refractivity contribution in [2.45, 2.75) is 31.8 Å². The molecule has 2 rings (SSSR count). The minimum absolute atomic E-state index is 0.0847. The fourth-order valence-corrected chi connectivity index (χ4v) is 2.39. The van der Waals surface area contributed by atoms with Crippen LogP contribution in [-0.2, 0) is 4.79 Å². The van der Waals surface area contributed by atoms with E-state index < -0.39 is 0 Å². The summed E-state index contributed by atoms with van der Waals surface area (Å²) in [6.07, 6.45) is 1.88. The van der Waals surface area contributed by atoms with Crippen molar-refractivity contribution < 1.29 is 9.59 Å². The molecule has 2 saturated heterocycles. The second-order valence-corrected chi connectivity index (χ2v) is 4.24. The quantitative estimate of drug-likeness (QED) is 0.622. The summed E-state index contributed by atoms with van der Waals surface area (Å²) in [4.78, 5) is 26.4. The summed E-state index contributed by atoms with van der Waals surface area (Å²) in [5.41, 5.74) is 0. The maximum atomic E-state index is 11.8. The molecule has 15 heavy (non-hydrogen) atoms. The lowest BCUT2D eigenvalue weighted by Gasteiger charge is -2.32. The molecule has 0 radical (unpaired) electrons. The van der Waals surface area contributed by atoms with Gasteiger partial charge in [0.1, 0.15) is 6.04 Å². The zero-order valence-corrected chi connectivity index (χ0v) is 9.19. The molecule has 3 amide bonds. The van der Waals surface area contributed by atoms with Crippen molar-refractivity contribution in [3.8, 4) is 0 Å². The van der Waals surface area contributed by atoms with Crippen molar-refractivity contribution in [1.29, 1.82) is 0 Å². The topological polar surface area (TPSA) is 52.7 Å². The Hall–Kier alpha value is -1.10. The minimum atomic E-state index is -0.286. The van der Waals surface area contributed by atoms with E-state index >= 15 is 0 Å². The molecule has 0 aromatic rings. The van der Waals surface area contributed by atoms with Gasteiger partial charge in [-0.25, -0.2) is 4.79 Å². The number of urea groups is 1. The Morgan fingerprint density at radius 3 is 2.33 bits per heavy atom. The molecule has 1 atom stereocenters. The smallest absolute Gasteiger partial charge is 0.317 e. The number of nitrogens with one attached hydrogen (secondary N) is 1. The number of hydrogen-bond acceptors (Lipinski definition) is 3. The Morgan fingerprint density at radius 2 is 1.87 bits per heavy atom. The van der Waals surface area contributed by atoms with E-state index in [2.05, 4.69) is 5.32 Å². The highest BCUT2D eigenvalue weighted by Crippen LogP contribution is 2.23. The lowest BCUT2D eigenvalue weighted by atomic mass is 10.0. The van der Waals surface area contributed by atoms with Crippen molar-refractivity contribution in [1.82, 2.24) is 15.1 Å². The molecular weight excluding hydrogens is 194 g/mol. The Morgan fingerprint density at radius 1 is 1.27 bits per heavy atom. The van der Waals surface area contributed by atoms with Crippen LogP contribution < -0.4 is 5.32 Å². The Bertz CT molecular complexity index is 286. The summed E-state index contributed by atoms with van der Waals surface area (Å²) in [6, 6.07) is -0.201. The molecule has 0 spiro atoms. The number of carbonyl (C=O) groups is 2. The normalized spacial score (nSPS) is 29.1. The number of hydrogen-bond donors (Lipinski definition) is 1. The predicted octanol–water partition coefficient (Wildman–Crippen LogP) is 0.0209. The van der Waals surface area contributed by atoms with Crippen molar-refractivity contribution in [3.63, 3.8) is 0 Å². The first-order chi connectivity index (χ1) is 7.13. The van der Waals surface area contributed by atoms with E-state index in [1.165, 1.54) is 4.90 Å². The number of piperidine rings is 1. The average molecular weight is 211 g/mol. The number of rotatable bonds is 1. The third-order valence-corrected chi connectivity index (χ3v) is 3.32. The van der Waals surface area contributed by atoms with Gasteiger partial charge in [-0.15, -0.1) is 0 Å². The van der Waals surface area contributed by atoms with Gasteiger partial charge in [0, 0.05) is 13.1 Å². The fraction of sp³-hybridized carbons (Fsp3) is 0.800. The van der Waals surface area contributed by atoms with E-state index in [4.69, 9.17) is 0 Å². The second-order valence-electron chi connectivity index (χ2n) is 4.24. The zero-order chi connectivity index (χ0) is 11.0. The van der Waals surface area contributed by atoms with Gasteiger partial charge < -0.3 is 10.2 Å². The predicted molar refractivity (Wildman–Crippen MR) is 55.4 cm³/mol. The van der Waals surface area contributed by atoms with Crippen LogP contribution in [0.3, 0.4) is 0 Å². The molecule has 2 aliphatic heterocycles. The number of amides is 3. The maximum absolute atomic E-state index is 11.8. The molecule has 0 saturated carbocycles. The minimum Gasteiger partial charge on any atom is -0.317 e. The standard InChI is InChI=1S/C10H17N3O2/c1-7-9(14)12(2)10(15)13(7)8-3-5-11-6-4-8/h7-8,11H,3-6H2,1-2H3. The summed E-state index contributed by atoms with van der Waals surface area (Å²) < 4.78 is 0. The number of likely N-dealkylation sites (N-methyl/N-ethyl adjacent to an activating group) is 1. The Kier molecular flexibility index (Phi) is 2.65. The third-order valence-electron chi connectivity index (χ3n) is 3.32. The van der Waals surface area contributed by atoms with Crippen LogP contribution in [0, 0.1) is 0 Å². The van der Waals surface area contributed by atoms with Crippen molar-refractivity contribution in [2.24, 2.45) is 0 Å². The number of imide groups is 1. The van der Waals surface area contributed by atoms with Crippen molar-refractivity contribution in [3.05, 3.63) is 0 Å². The van der Waals surface area contributed by atoms with Crippen LogP contribution >= 0.6 is 0 Å². The highest BCUT2D eigenvalue weighted by atomic mass is 16.2. The van der Waals surface area contributed by atoms with E-state index in [9.17, 15) is 9.59 Å². The lowest BCUT2D eigenvalue weighted by molar-refractivity contribution is -0.127. The maximum Gasteiger partial charge on any atom is 0.327 e. The van der Waals surface area contributed by atoms with E-state index in [1.54, 1.807) is 11.9 Å². The highest BCUT2D eigenvalue weighted by molar-refractivity contribution is 6.03. The summed E-state index contributed by atoms with van der Waals surface area (Å²) in [6.45, 7) is 3.67. The van der Waals surface area contributed by atoms with Crippen LogP contribution in [-0.4, -0.2) is 54.0 Å². The van der Waals surface area contributed by atoms with Crippen LogP contribution in [0.15, 0.2) is 0 Å². The summed E-state index contributed by atoms with van der Waals surface area (Å²) in [5, 5.41) is 3.25. The summed E-state index contributed by atoms with van der Waals surface area (Å²) in [5.74, 6) is -0.0847. The monoisotopic (exact) mass is 211 g/mol. The average Bonchev–Trinajstić information content (AvgIpc) is 2.45. The van der Waals surface area contributed by atoms with Crippen LogP contribution in [0.2, 0.25) is 0 Å². The summed E-state index contributed by atoms with van der Waals surface area (Å²) >= 11 is 0. The molecular formula is C10H17N3O2. The van der Waals surface area contributed by atoms with Crippen LogP contribution in [0.1, 0.15) is 19.8 Å². The van der Waals surface area contributed by atoms with Crippen LogP contribution in [0.25, 0.3) is 0 Å². The fourth-order valence-electron chi connectivity index (χ4n) is 2.39. The molecule has 0 aliphatic carbocycles. The molecule has 0 aromatic carbocycles. The molecule has 2 aliphatic rings. The van der Waals surface area contributed by atoms with Gasteiger partial charge in [0.2, 0.25) is 0 Å². The Labute approximate surface area is 89.4 Å². The van der Waals surface area contributed by atoms with E-state index in [0.29, 0.717) is 0 Å². The highest BCUT2D eigenvalue weighted by Gasteiger charge is 2.43. The lowest BCUT2D eigenvalue weighted by Crippen LogP contribution is -2.47. The van der Waals surface area contributed by atoms with Gasteiger partial charge in [-0.3, -0.25) is 9.69 Å². The molecule has 1 N–H and O–H groups in total. The molecule has 5 heteroatoms. The molecule has 2 fully saturated rings. The Balaban J connectivity index is 2.14. The van der Waals surface area contributed by atoms with E-state index in [0.717, 1.165) is 25.9 Å². The van der Waals surface area contributed by atoms with Gasteiger partial charge in [-0.1, -0.05) is 0 Å². The zero-order valence-electron chi connectivity index (χ0n) is 9.19. The van der Waals surface area contributed by atoms with Crippen LogP contribution in [0.4, 0.5) is 4.79 Å². The van der Waals surface area contributed by atoms with E-state index in [-0.39, 0.29) is 24.0 Å². The van der Waals surface area contributed by atoms with Gasteiger partial charge in [-0.2, -0.15) is 0 Å². The summed E-state index contributed by atoms with van der Waals surface area (Å²) in [7, 11) is 1.56. The first kappa shape index (κ1) is 10.4. The van der Waals surface area contributed by atoms with Gasteiger partial charge in [0.15, 0.2) is 0 Å². The molecule has 0 aromatic heterocycles. The van der Waals surface area contributed by atoms with Crippen molar-refractivity contribution >= 4 is 11.9 Å². The third kappa shape index (κ3) is 1.61. The number of nitrogens with zero attached hydrogens (tertiary/aromatic N) is 2. The van der Waals surface area contributed by atoms with Gasteiger partial charge in [0.25, 0.3) is 5.91 Å². The molecule has 84 valence electrons. The van der Waals surface area contributed by atoms with Gasteiger partial charge in [-0.05, 0) is 32.9 Å². The van der Waals surface area contributed by atoms with Gasteiger partial charge >= 0.3 is 6.03 Å². The first-order valence-electron chi connectivity index (χ1n) is 5.43. The first-order valence-corrected chi connectivity index (χ1v) is 5.43. The second kappa shape index (κ2) is 3.81. The van der Waals surface area contributed by atoms with Crippen LogP contribution in [0.5, 0.6) is 0 Å². The van der Waals surface area contributed by atoms with Gasteiger partial charge in [0.05, 0.1) is 0 Å². The number of carbonyl (C=O) groups excluding carboxylic acids is 2. The largest absolute Gasteiger partial charge is 0.327 e. The van der Waals surface area contributed by atoms with E-state index in [1.807, 2.05) is 6.92 Å². The SMILES string of the molecule is CC1C(=O)N(C)C(=O)N1C1CCNCC1. The molecule has 1 unspecified atom stereocenters. The molecule has 2 heterocycles. The molecule has 5 nitrogen and oxygen atoms in total.